The second-order valence-electron chi connectivity index (χ2n) is 3.78. The number of fused-ring (bicyclic) bond motifs is 1. The van der Waals surface area contributed by atoms with E-state index in [1.54, 1.807) is 0 Å². The van der Waals surface area contributed by atoms with Crippen LogP contribution in [0.5, 0.6) is 0 Å². The third-order valence-corrected chi connectivity index (χ3v) is 2.57. The number of hydrogen-bond acceptors (Lipinski definition) is 1. The van der Waals surface area contributed by atoms with E-state index in [1.807, 2.05) is 17.8 Å². The molecule has 0 amide bonds. The molecule has 0 atom stereocenters. The minimum atomic E-state index is 0. The zero-order valence-corrected chi connectivity index (χ0v) is 10.7. The van der Waals surface area contributed by atoms with Gasteiger partial charge in [-0.1, -0.05) is 0 Å². The van der Waals surface area contributed by atoms with Crippen molar-refractivity contribution in [2.75, 3.05) is 0 Å². The maximum absolute atomic E-state index is 11.6. The Morgan fingerprint density at radius 1 is 1.36 bits per heavy atom. The highest BCUT2D eigenvalue weighted by Gasteiger charge is 2.25. The van der Waals surface area contributed by atoms with Crippen LogP contribution < -0.4 is 28.5 Å². The average molecular weight is 303 g/mol. The topological polar surface area (TPSA) is 20.9 Å². The number of ketones is 1. The molecule has 1 aromatic rings. The second-order valence-corrected chi connectivity index (χ2v) is 3.78. The van der Waals surface area contributed by atoms with Gasteiger partial charge in [-0.3, -0.25) is 4.79 Å². The monoisotopic (exact) mass is 303 g/mol. The molecule has 1 aromatic heterocycles. The molecule has 2 nitrogen and oxygen atoms in total. The molecule has 0 unspecified atom stereocenters. The molecule has 0 N–H and O–H groups in total. The van der Waals surface area contributed by atoms with Gasteiger partial charge < -0.3 is 24.0 Å². The number of pyridine rings is 1. The molecule has 1 heterocycles. The highest BCUT2D eigenvalue weighted by molar-refractivity contribution is 5.95. The highest BCUT2D eigenvalue weighted by Crippen LogP contribution is 2.18. The number of Topliss-reactive ketones (excluding diaryl/α,β-unsaturated/α-hetero) is 1. The summed E-state index contributed by atoms with van der Waals surface area (Å²) < 4.78 is 1.96. The average Bonchev–Trinajstić information content (AvgIpc) is 2.02. The zero-order chi connectivity index (χ0) is 9.42. The van der Waals surface area contributed by atoms with Gasteiger partial charge in [-0.05, 0) is 25.8 Å². The normalized spacial score (nSPS) is 14.6. The Bertz CT molecular complexity index is 374. The highest BCUT2D eigenvalue weighted by atomic mass is 127. The number of nitrogens with zero attached hydrogens (tertiary/aromatic N) is 1. The number of halogens is 1. The first-order valence-electron chi connectivity index (χ1n) is 4.71. The molecule has 0 saturated carbocycles. The van der Waals surface area contributed by atoms with Crippen molar-refractivity contribution in [2.45, 2.75) is 26.2 Å². The molecule has 0 saturated heterocycles. The fourth-order valence-electron chi connectivity index (χ4n) is 2.10. The summed E-state index contributed by atoms with van der Waals surface area (Å²) in [5.74, 6) is 0.295. The van der Waals surface area contributed by atoms with Gasteiger partial charge in [-0.25, -0.2) is 0 Å². The first-order valence-corrected chi connectivity index (χ1v) is 4.71. The molecule has 0 spiro atoms. The lowest BCUT2D eigenvalue weighted by Crippen LogP contribution is -3.00. The molecule has 3 heteroatoms. The van der Waals surface area contributed by atoms with Gasteiger partial charge in [-0.2, -0.15) is 4.57 Å². The van der Waals surface area contributed by atoms with Crippen molar-refractivity contribution in [1.29, 1.82) is 0 Å². The van der Waals surface area contributed by atoms with Crippen molar-refractivity contribution in [2.24, 2.45) is 7.05 Å². The Morgan fingerprint density at radius 2 is 2.07 bits per heavy atom. The van der Waals surface area contributed by atoms with Gasteiger partial charge in [-0.15, -0.1) is 0 Å². The summed E-state index contributed by atoms with van der Waals surface area (Å²) in [4.78, 5) is 11.6. The number of carbonyl (C=O) groups is 1. The number of rotatable bonds is 0. The molecule has 0 aromatic carbocycles. The van der Waals surface area contributed by atoms with Crippen molar-refractivity contribution >= 4 is 5.78 Å². The predicted octanol–water partition coefficient (Wildman–Crippen LogP) is -1.66. The second kappa shape index (κ2) is 4.38. The Balaban J connectivity index is 0.000000980. The minimum Gasteiger partial charge on any atom is -1.00 e. The smallest absolute Gasteiger partial charge is 0.251 e. The molecule has 1 aliphatic carbocycles. The van der Waals surface area contributed by atoms with Gasteiger partial charge in [0.1, 0.15) is 7.05 Å². The molecule has 1 aliphatic rings. The summed E-state index contributed by atoms with van der Waals surface area (Å²) in [6, 6.07) is 2.13. The van der Waals surface area contributed by atoms with E-state index in [4.69, 9.17) is 0 Å². The maximum Gasteiger partial charge on any atom is 0.251 e. The summed E-state index contributed by atoms with van der Waals surface area (Å²) in [5.41, 5.74) is 3.37. The van der Waals surface area contributed by atoms with Crippen LogP contribution in [-0.4, -0.2) is 5.78 Å². The summed E-state index contributed by atoms with van der Waals surface area (Å²) in [6.07, 6.45) is 4.79. The number of hydrogen-bond donors (Lipinski definition) is 0. The van der Waals surface area contributed by atoms with Crippen molar-refractivity contribution in [3.63, 3.8) is 0 Å². The van der Waals surface area contributed by atoms with Crippen LogP contribution in [0.1, 0.15) is 34.5 Å². The van der Waals surface area contributed by atoms with E-state index in [0.29, 0.717) is 12.2 Å². The lowest BCUT2D eigenvalue weighted by atomic mass is 9.94. The van der Waals surface area contributed by atoms with E-state index in [1.165, 1.54) is 11.1 Å². The zero-order valence-electron chi connectivity index (χ0n) is 8.51. The van der Waals surface area contributed by atoms with Gasteiger partial charge in [0, 0.05) is 17.5 Å². The van der Waals surface area contributed by atoms with Gasteiger partial charge in [0.15, 0.2) is 6.20 Å². The quantitative estimate of drug-likeness (QED) is 0.415. The standard InChI is InChI=1S/C11H14NO.HI/c1-8-6-9-4-3-5-10(13)11(9)12(2)7-8;/h6-7H,3-5H2,1-2H3;1H/q+1;/p-1. The summed E-state index contributed by atoms with van der Waals surface area (Å²) in [5, 5.41) is 0. The number of carbonyl (C=O) groups excluding carboxylic acids is 1. The summed E-state index contributed by atoms with van der Waals surface area (Å²) >= 11 is 0. The van der Waals surface area contributed by atoms with Crippen LogP contribution in [0.4, 0.5) is 0 Å². The maximum atomic E-state index is 11.6. The predicted molar refractivity (Wildman–Crippen MR) is 49.6 cm³/mol. The largest absolute Gasteiger partial charge is 1.00 e. The van der Waals surface area contributed by atoms with Crippen molar-refractivity contribution in [1.82, 2.24) is 0 Å². The van der Waals surface area contributed by atoms with Crippen molar-refractivity contribution < 1.29 is 33.3 Å². The van der Waals surface area contributed by atoms with Gasteiger partial charge in [0.2, 0.25) is 5.78 Å². The summed E-state index contributed by atoms with van der Waals surface area (Å²) in [6.45, 7) is 2.07. The van der Waals surface area contributed by atoms with E-state index in [2.05, 4.69) is 13.0 Å². The first-order chi connectivity index (χ1) is 6.18. The minimum absolute atomic E-state index is 0. The van der Waals surface area contributed by atoms with Crippen LogP contribution in [0.15, 0.2) is 12.3 Å². The van der Waals surface area contributed by atoms with Crippen LogP contribution in [0.3, 0.4) is 0 Å². The molecule has 0 bridgehead atoms. The third kappa shape index (κ3) is 1.97. The van der Waals surface area contributed by atoms with Gasteiger partial charge in [0.05, 0.1) is 0 Å². The fourth-order valence-corrected chi connectivity index (χ4v) is 2.10. The van der Waals surface area contributed by atoms with E-state index >= 15 is 0 Å². The van der Waals surface area contributed by atoms with Crippen LogP contribution in [0.25, 0.3) is 0 Å². The lowest BCUT2D eigenvalue weighted by Gasteiger charge is -2.11. The van der Waals surface area contributed by atoms with Crippen LogP contribution in [-0.2, 0) is 13.5 Å². The number of aryl methyl sites for hydroxylation is 3. The Labute approximate surface area is 101 Å². The molecule has 0 radical (unpaired) electrons. The molecule has 0 aliphatic heterocycles. The van der Waals surface area contributed by atoms with Crippen LogP contribution >= 0.6 is 0 Å². The Kier molecular flexibility index (Phi) is 3.64. The molecule has 2 rings (SSSR count). The first kappa shape index (κ1) is 11.6. The summed E-state index contributed by atoms with van der Waals surface area (Å²) in [7, 11) is 1.95. The van der Waals surface area contributed by atoms with Gasteiger partial charge >= 0.3 is 0 Å². The van der Waals surface area contributed by atoms with Crippen LogP contribution in [0, 0.1) is 6.92 Å². The molecular formula is C11H14INO. The molecule has 76 valence electrons. The van der Waals surface area contributed by atoms with E-state index in [0.717, 1.165) is 18.5 Å². The van der Waals surface area contributed by atoms with Crippen molar-refractivity contribution in [3.8, 4) is 0 Å². The van der Waals surface area contributed by atoms with Crippen LogP contribution in [0.2, 0.25) is 0 Å². The van der Waals surface area contributed by atoms with E-state index < -0.39 is 0 Å². The van der Waals surface area contributed by atoms with E-state index in [9.17, 15) is 4.79 Å². The number of aromatic nitrogens is 1. The Hall–Kier alpha value is -0.450. The fraction of sp³-hybridized carbons (Fsp3) is 0.455. The molecule has 14 heavy (non-hydrogen) atoms. The molecule has 0 fully saturated rings. The lowest BCUT2D eigenvalue weighted by molar-refractivity contribution is -0.674. The third-order valence-electron chi connectivity index (χ3n) is 2.57. The Morgan fingerprint density at radius 3 is 2.79 bits per heavy atom. The van der Waals surface area contributed by atoms with Gasteiger partial charge in [0.25, 0.3) is 5.69 Å². The van der Waals surface area contributed by atoms with E-state index in [-0.39, 0.29) is 24.0 Å². The SMILES string of the molecule is Cc1cc2c([n+](C)c1)C(=O)CCC2.[I-]. The molecular weight excluding hydrogens is 289 g/mol. The van der Waals surface area contributed by atoms with Crippen molar-refractivity contribution in [3.05, 3.63) is 29.1 Å².